The lowest BCUT2D eigenvalue weighted by Gasteiger charge is -2.23. The number of anilines is 1. The summed E-state index contributed by atoms with van der Waals surface area (Å²) < 4.78 is 41.9. The van der Waals surface area contributed by atoms with Gasteiger partial charge in [-0.15, -0.1) is 0 Å². The molecule has 0 spiro atoms. The van der Waals surface area contributed by atoms with Crippen LogP contribution in [0, 0.1) is 5.82 Å². The molecule has 6 nitrogen and oxygen atoms in total. The molecule has 0 saturated heterocycles. The Bertz CT molecular complexity index is 1130. The molecule has 0 aliphatic carbocycles. The van der Waals surface area contributed by atoms with Gasteiger partial charge in [0.25, 0.3) is 0 Å². The second-order valence-corrected chi connectivity index (χ2v) is 9.99. The Balaban J connectivity index is 1.86. The molecule has 3 rings (SSSR count). The van der Waals surface area contributed by atoms with Crippen molar-refractivity contribution in [1.82, 2.24) is 9.36 Å². The zero-order valence-electron chi connectivity index (χ0n) is 14.8. The van der Waals surface area contributed by atoms with E-state index in [1.165, 1.54) is 19.9 Å². The fourth-order valence-electron chi connectivity index (χ4n) is 2.31. The van der Waals surface area contributed by atoms with Gasteiger partial charge in [0.1, 0.15) is 20.5 Å². The molecule has 2 aromatic carbocycles. The van der Waals surface area contributed by atoms with Gasteiger partial charge in [-0.3, -0.25) is 10.1 Å². The quantitative estimate of drug-likeness (QED) is 0.643. The van der Waals surface area contributed by atoms with Gasteiger partial charge < -0.3 is 0 Å². The summed E-state index contributed by atoms with van der Waals surface area (Å²) in [5.74, 6) is -1.92. The van der Waals surface area contributed by atoms with Gasteiger partial charge in [-0.25, -0.2) is 12.8 Å². The summed E-state index contributed by atoms with van der Waals surface area (Å²) >= 11 is 6.74. The third kappa shape index (κ3) is 3.78. The molecule has 1 amide bonds. The van der Waals surface area contributed by atoms with Crippen LogP contribution < -0.4 is 5.32 Å². The molecule has 0 aliphatic rings. The minimum absolute atomic E-state index is 0.0197. The first-order valence-corrected chi connectivity index (χ1v) is 10.7. The predicted octanol–water partition coefficient (Wildman–Crippen LogP) is 4.19. The van der Waals surface area contributed by atoms with E-state index in [0.717, 1.165) is 29.2 Å². The Morgan fingerprint density at radius 1 is 1.18 bits per heavy atom. The lowest BCUT2D eigenvalue weighted by molar-refractivity contribution is -0.117. The number of aromatic nitrogens is 2. The van der Waals surface area contributed by atoms with E-state index in [2.05, 4.69) is 14.7 Å². The summed E-state index contributed by atoms with van der Waals surface area (Å²) in [6.45, 7) is 2.38. The van der Waals surface area contributed by atoms with E-state index >= 15 is 0 Å². The predicted molar refractivity (Wildman–Crippen MR) is 107 cm³/mol. The molecule has 0 radical (unpaired) electrons. The van der Waals surface area contributed by atoms with Gasteiger partial charge in [0.2, 0.25) is 11.9 Å². The Morgan fingerprint density at radius 3 is 2.50 bits per heavy atom. The van der Waals surface area contributed by atoms with Crippen molar-refractivity contribution in [3.8, 4) is 10.6 Å². The maximum absolute atomic E-state index is 14.1. The van der Waals surface area contributed by atoms with Gasteiger partial charge in [0.15, 0.2) is 9.84 Å². The molecule has 146 valence electrons. The molecule has 0 saturated carbocycles. The number of halogens is 2. The Morgan fingerprint density at radius 2 is 1.86 bits per heavy atom. The zero-order chi connectivity index (χ0) is 20.5. The lowest BCUT2D eigenvalue weighted by atomic mass is 10.2. The summed E-state index contributed by atoms with van der Waals surface area (Å²) in [7, 11) is -4.35. The number of hydrogen-bond acceptors (Lipinski definition) is 6. The molecular weight excluding hydrogens is 425 g/mol. The topological polar surface area (TPSA) is 89.0 Å². The average Bonchev–Trinajstić information content (AvgIpc) is 3.10. The highest BCUT2D eigenvalue weighted by molar-refractivity contribution is 7.93. The maximum Gasteiger partial charge on any atom is 0.248 e. The Kier molecular flexibility index (Phi) is 5.51. The highest BCUT2D eigenvalue weighted by atomic mass is 35.5. The van der Waals surface area contributed by atoms with E-state index in [0.29, 0.717) is 5.01 Å². The van der Waals surface area contributed by atoms with E-state index in [4.69, 9.17) is 11.6 Å². The molecule has 0 atom stereocenters. The minimum atomic E-state index is -4.35. The number of benzene rings is 2. The van der Waals surface area contributed by atoms with Crippen molar-refractivity contribution in [2.75, 3.05) is 5.32 Å². The molecule has 10 heteroatoms. The monoisotopic (exact) mass is 439 g/mol. The van der Waals surface area contributed by atoms with Gasteiger partial charge in [-0.05, 0) is 43.6 Å². The molecule has 3 aromatic rings. The van der Waals surface area contributed by atoms with Crippen LogP contribution in [-0.4, -0.2) is 28.4 Å². The number of hydrogen-bond donors (Lipinski definition) is 1. The fourth-order valence-corrected chi connectivity index (χ4v) is 4.51. The number of nitrogens with one attached hydrogen (secondary N) is 1. The largest absolute Gasteiger partial charge is 0.292 e. The molecule has 28 heavy (non-hydrogen) atoms. The molecule has 1 aromatic heterocycles. The van der Waals surface area contributed by atoms with E-state index in [-0.39, 0.29) is 11.0 Å². The van der Waals surface area contributed by atoms with E-state index in [9.17, 15) is 17.6 Å². The van der Waals surface area contributed by atoms with Gasteiger partial charge >= 0.3 is 0 Å². The van der Waals surface area contributed by atoms with Crippen LogP contribution in [0.5, 0.6) is 0 Å². The van der Waals surface area contributed by atoms with Crippen LogP contribution in [0.15, 0.2) is 53.4 Å². The van der Waals surface area contributed by atoms with E-state index in [1.54, 1.807) is 0 Å². The van der Waals surface area contributed by atoms with Gasteiger partial charge in [-0.2, -0.15) is 9.36 Å². The summed E-state index contributed by atoms with van der Waals surface area (Å²) in [6.07, 6.45) is 0. The number of amides is 1. The van der Waals surface area contributed by atoms with Crippen molar-refractivity contribution in [3.63, 3.8) is 0 Å². The van der Waals surface area contributed by atoms with Crippen molar-refractivity contribution in [2.24, 2.45) is 0 Å². The molecule has 0 fully saturated rings. The first-order valence-electron chi connectivity index (χ1n) is 8.03. The molecule has 0 unspecified atom stereocenters. The Hall–Kier alpha value is -2.36. The van der Waals surface area contributed by atoms with Crippen LogP contribution in [0.4, 0.5) is 10.3 Å². The number of carbonyl (C=O) groups excluding carboxylic acids is 1. The molecule has 0 aliphatic heterocycles. The van der Waals surface area contributed by atoms with Gasteiger partial charge in [-0.1, -0.05) is 41.9 Å². The van der Waals surface area contributed by atoms with Crippen LogP contribution in [0.2, 0.25) is 5.02 Å². The number of rotatable bonds is 5. The number of carbonyl (C=O) groups is 1. The van der Waals surface area contributed by atoms with Crippen molar-refractivity contribution >= 4 is 44.8 Å². The van der Waals surface area contributed by atoms with Crippen molar-refractivity contribution in [1.29, 1.82) is 0 Å². The molecule has 0 bridgehead atoms. The summed E-state index contributed by atoms with van der Waals surface area (Å²) in [6, 6.07) is 12.4. The second kappa shape index (κ2) is 7.57. The zero-order valence-corrected chi connectivity index (χ0v) is 17.2. The molecule has 1 N–H and O–H groups in total. The number of nitrogens with zero attached hydrogens (tertiary/aromatic N) is 2. The van der Waals surface area contributed by atoms with Gasteiger partial charge in [0.05, 0.1) is 0 Å². The van der Waals surface area contributed by atoms with Crippen LogP contribution in [0.1, 0.15) is 13.8 Å². The summed E-state index contributed by atoms with van der Waals surface area (Å²) in [5.41, 5.74) is 0.815. The van der Waals surface area contributed by atoms with E-state index < -0.39 is 31.2 Å². The second-order valence-electron chi connectivity index (χ2n) is 6.33. The van der Waals surface area contributed by atoms with Crippen molar-refractivity contribution < 1.29 is 17.6 Å². The van der Waals surface area contributed by atoms with Crippen molar-refractivity contribution in [3.05, 3.63) is 59.4 Å². The fraction of sp³-hybridized carbons (Fsp3) is 0.167. The summed E-state index contributed by atoms with van der Waals surface area (Å²) in [5, 5.41) is 3.02. The van der Waals surface area contributed by atoms with Crippen molar-refractivity contribution in [2.45, 2.75) is 23.5 Å². The lowest BCUT2D eigenvalue weighted by Crippen LogP contribution is -2.45. The van der Waals surface area contributed by atoms with Crippen LogP contribution in [0.25, 0.3) is 10.6 Å². The van der Waals surface area contributed by atoms with Gasteiger partial charge in [0, 0.05) is 10.6 Å². The smallest absolute Gasteiger partial charge is 0.248 e. The van der Waals surface area contributed by atoms with E-state index in [1.807, 2.05) is 30.3 Å². The third-order valence-electron chi connectivity index (χ3n) is 4.07. The Labute approximate surface area is 170 Å². The first-order chi connectivity index (χ1) is 13.1. The first kappa shape index (κ1) is 20.4. The number of sulfone groups is 1. The normalized spacial score (nSPS) is 12.0. The third-order valence-corrected chi connectivity index (χ3v) is 7.51. The SMILES string of the molecule is CC(C)(C(=O)Nc1nsc(-c2ccccc2)n1)S(=O)(=O)c1ccc(Cl)cc1F. The van der Waals surface area contributed by atoms with Crippen LogP contribution in [0.3, 0.4) is 0 Å². The minimum Gasteiger partial charge on any atom is -0.292 e. The molecular formula is C18H15ClFN3O3S2. The summed E-state index contributed by atoms with van der Waals surface area (Å²) in [4.78, 5) is 16.3. The standard InChI is InChI=1S/C18H15ClFN3O3S2/c1-18(2,28(25,26)14-9-8-12(19)10-13(14)20)16(24)22-17-21-15(27-23-17)11-6-4-3-5-7-11/h3-10H,1-2H3,(H,22,23,24). The average molecular weight is 440 g/mol. The highest BCUT2D eigenvalue weighted by Crippen LogP contribution is 2.30. The van der Waals surface area contributed by atoms with Crippen LogP contribution in [-0.2, 0) is 14.6 Å². The molecule has 1 heterocycles. The van der Waals surface area contributed by atoms with Crippen LogP contribution >= 0.6 is 23.1 Å². The maximum atomic E-state index is 14.1. The highest BCUT2D eigenvalue weighted by Gasteiger charge is 2.44.